The number of halogens is 1. The van der Waals surface area contributed by atoms with E-state index in [0.29, 0.717) is 11.4 Å². The van der Waals surface area contributed by atoms with Crippen LogP contribution in [0.3, 0.4) is 0 Å². The minimum Gasteiger partial charge on any atom is -0.358 e. The summed E-state index contributed by atoms with van der Waals surface area (Å²) in [6.07, 6.45) is 0. The van der Waals surface area contributed by atoms with Crippen LogP contribution in [0, 0.1) is 5.82 Å². The van der Waals surface area contributed by atoms with Gasteiger partial charge in [0.2, 0.25) is 11.8 Å². The maximum Gasteiger partial charge on any atom is 0.239 e. The van der Waals surface area contributed by atoms with E-state index in [9.17, 15) is 14.0 Å². The minimum absolute atomic E-state index is 0.137. The first-order valence-electron chi connectivity index (χ1n) is 7.59. The number of nitrogens with one attached hydrogen (secondary N) is 1. The van der Waals surface area contributed by atoms with Crippen LogP contribution in [-0.2, 0) is 9.59 Å². The molecule has 2 amide bonds. The van der Waals surface area contributed by atoms with Crippen LogP contribution >= 0.6 is 11.8 Å². The number of hydrogen-bond acceptors (Lipinski definition) is 3. The monoisotopic (exact) mass is 344 g/mol. The number of amides is 2. The lowest BCUT2D eigenvalue weighted by molar-refractivity contribution is -0.124. The molecule has 0 bridgehead atoms. The van der Waals surface area contributed by atoms with Gasteiger partial charge in [-0.15, -0.1) is 11.8 Å². The van der Waals surface area contributed by atoms with Gasteiger partial charge in [-0.25, -0.2) is 4.39 Å². The quantitative estimate of drug-likeness (QED) is 0.928. The zero-order valence-corrected chi connectivity index (χ0v) is 14.0. The average Bonchev–Trinajstić information content (AvgIpc) is 3.03. The molecule has 0 fully saturated rings. The Kier molecular flexibility index (Phi) is 4.85. The van der Waals surface area contributed by atoms with E-state index in [4.69, 9.17) is 0 Å². The van der Waals surface area contributed by atoms with Crippen LogP contribution in [0.25, 0.3) is 0 Å². The van der Waals surface area contributed by atoms with E-state index < -0.39 is 5.82 Å². The molecule has 3 rings (SSSR count). The summed E-state index contributed by atoms with van der Waals surface area (Å²) in [6.45, 7) is -0.137. The van der Waals surface area contributed by atoms with Gasteiger partial charge in [0.1, 0.15) is 12.4 Å². The molecule has 0 saturated carbocycles. The summed E-state index contributed by atoms with van der Waals surface area (Å²) in [6, 6.07) is 13.5. The third kappa shape index (κ3) is 3.28. The van der Waals surface area contributed by atoms with Crippen molar-refractivity contribution in [1.29, 1.82) is 0 Å². The summed E-state index contributed by atoms with van der Waals surface area (Å²) in [5, 5.41) is 2.51. The number of hydrogen-bond donors (Lipinski definition) is 1. The van der Waals surface area contributed by atoms with Crippen molar-refractivity contribution in [3.8, 4) is 0 Å². The van der Waals surface area contributed by atoms with E-state index in [2.05, 4.69) is 5.32 Å². The number of thioether (sulfide) groups is 1. The van der Waals surface area contributed by atoms with E-state index in [1.54, 1.807) is 17.8 Å². The summed E-state index contributed by atoms with van der Waals surface area (Å²) in [7, 11) is 1.51. The molecule has 124 valence electrons. The Balaban J connectivity index is 1.94. The first-order chi connectivity index (χ1) is 11.6. The van der Waals surface area contributed by atoms with E-state index in [1.807, 2.05) is 24.3 Å². The van der Waals surface area contributed by atoms with E-state index >= 15 is 0 Å². The number of carbonyl (C=O) groups is 2. The number of rotatable bonds is 4. The van der Waals surface area contributed by atoms with Crippen LogP contribution < -0.4 is 10.2 Å². The van der Waals surface area contributed by atoms with Crippen molar-refractivity contribution in [2.24, 2.45) is 0 Å². The molecular weight excluding hydrogens is 327 g/mol. The fourth-order valence-corrected chi connectivity index (χ4v) is 3.94. The summed E-state index contributed by atoms with van der Waals surface area (Å²) in [5.41, 5.74) is 1.35. The van der Waals surface area contributed by atoms with E-state index in [0.717, 1.165) is 10.5 Å². The van der Waals surface area contributed by atoms with Crippen LogP contribution in [-0.4, -0.2) is 31.2 Å². The summed E-state index contributed by atoms with van der Waals surface area (Å²) < 4.78 is 13.6. The summed E-state index contributed by atoms with van der Waals surface area (Å²) in [5.74, 6) is -0.645. The Labute approximate surface area is 144 Å². The molecular formula is C18H17FN2O2S. The Morgan fingerprint density at radius 1 is 1.25 bits per heavy atom. The highest BCUT2D eigenvalue weighted by Gasteiger charge is 2.33. The Hall–Kier alpha value is -2.34. The number of carbonyl (C=O) groups excluding carboxylic acids is 2. The normalized spacial score (nSPS) is 15.7. The fraction of sp³-hybridized carbons (Fsp3) is 0.222. The molecule has 6 heteroatoms. The van der Waals surface area contributed by atoms with Crippen LogP contribution in [0.2, 0.25) is 0 Å². The van der Waals surface area contributed by atoms with Crippen molar-refractivity contribution in [2.45, 2.75) is 10.8 Å². The zero-order chi connectivity index (χ0) is 17.1. The molecule has 0 aliphatic carbocycles. The van der Waals surface area contributed by atoms with E-state index in [1.165, 1.54) is 30.1 Å². The second-order valence-corrected chi connectivity index (χ2v) is 6.54. The molecule has 0 unspecified atom stereocenters. The van der Waals surface area contributed by atoms with Crippen LogP contribution in [0.15, 0.2) is 53.4 Å². The molecule has 0 spiro atoms. The lowest BCUT2D eigenvalue weighted by Crippen LogP contribution is -2.42. The highest BCUT2D eigenvalue weighted by molar-refractivity contribution is 7.99. The van der Waals surface area contributed by atoms with Gasteiger partial charge in [0.25, 0.3) is 0 Å². The molecule has 1 heterocycles. The molecule has 24 heavy (non-hydrogen) atoms. The number of benzene rings is 2. The molecule has 0 saturated heterocycles. The van der Waals surface area contributed by atoms with Gasteiger partial charge >= 0.3 is 0 Å². The van der Waals surface area contributed by atoms with Crippen LogP contribution in [0.4, 0.5) is 10.1 Å². The van der Waals surface area contributed by atoms with Crippen molar-refractivity contribution in [3.05, 3.63) is 59.9 Å². The van der Waals surface area contributed by atoms with Crippen LogP contribution in [0.5, 0.6) is 0 Å². The second-order valence-electron chi connectivity index (χ2n) is 5.48. The van der Waals surface area contributed by atoms with Crippen molar-refractivity contribution >= 4 is 29.3 Å². The topological polar surface area (TPSA) is 49.4 Å². The molecule has 0 radical (unpaired) electrons. The number of likely N-dealkylation sites (N-methyl/N-ethyl adjacent to an activating group) is 1. The average molecular weight is 344 g/mol. The smallest absolute Gasteiger partial charge is 0.239 e. The minimum atomic E-state index is -0.441. The number of fused-ring (bicyclic) bond motifs is 1. The molecule has 1 atom stereocenters. The van der Waals surface area contributed by atoms with Gasteiger partial charge in [0.05, 0.1) is 5.92 Å². The molecule has 2 aromatic rings. The zero-order valence-electron chi connectivity index (χ0n) is 13.2. The van der Waals surface area contributed by atoms with Crippen molar-refractivity contribution < 1.29 is 14.0 Å². The standard InChI is InChI=1S/C18H17FN2O2S/c1-20-17(22)10-21(13-6-4-5-12(19)9-13)18(23)15-11-24-16-8-3-2-7-14(15)16/h2-9,15H,10-11H2,1H3,(H,20,22)/t15-/m1/s1. The van der Waals surface area contributed by atoms with Gasteiger partial charge in [-0.3, -0.25) is 9.59 Å². The lowest BCUT2D eigenvalue weighted by Gasteiger charge is -2.25. The molecule has 1 N–H and O–H groups in total. The lowest BCUT2D eigenvalue weighted by atomic mass is 9.99. The molecule has 1 aliphatic heterocycles. The largest absolute Gasteiger partial charge is 0.358 e. The van der Waals surface area contributed by atoms with Gasteiger partial charge < -0.3 is 10.2 Å². The second kappa shape index (κ2) is 7.05. The molecule has 0 aromatic heterocycles. The van der Waals surface area contributed by atoms with Gasteiger partial charge in [0, 0.05) is 23.4 Å². The van der Waals surface area contributed by atoms with Gasteiger partial charge in [-0.1, -0.05) is 24.3 Å². The predicted octanol–water partition coefficient (Wildman–Crippen LogP) is 2.79. The maximum absolute atomic E-state index is 13.6. The van der Waals surface area contributed by atoms with Crippen molar-refractivity contribution in [3.63, 3.8) is 0 Å². The van der Waals surface area contributed by atoms with Crippen molar-refractivity contribution in [2.75, 3.05) is 24.2 Å². The first-order valence-corrected chi connectivity index (χ1v) is 8.58. The first kappa shape index (κ1) is 16.5. The Morgan fingerprint density at radius 2 is 2.04 bits per heavy atom. The van der Waals surface area contributed by atoms with Gasteiger partial charge in [0.15, 0.2) is 0 Å². The highest BCUT2D eigenvalue weighted by atomic mass is 32.2. The van der Waals surface area contributed by atoms with Crippen LogP contribution in [0.1, 0.15) is 11.5 Å². The summed E-state index contributed by atoms with van der Waals surface area (Å²) in [4.78, 5) is 27.4. The van der Waals surface area contributed by atoms with Gasteiger partial charge in [-0.05, 0) is 29.8 Å². The SMILES string of the molecule is CNC(=O)CN(C(=O)[C@@H]1CSc2ccccc21)c1cccc(F)c1. The molecule has 1 aliphatic rings. The van der Waals surface area contributed by atoms with Gasteiger partial charge in [-0.2, -0.15) is 0 Å². The third-order valence-corrected chi connectivity index (χ3v) is 5.15. The third-order valence-electron chi connectivity index (χ3n) is 3.96. The molecule has 2 aromatic carbocycles. The Bertz CT molecular complexity index is 781. The predicted molar refractivity (Wildman–Crippen MR) is 92.7 cm³/mol. The van der Waals surface area contributed by atoms with E-state index in [-0.39, 0.29) is 24.3 Å². The maximum atomic E-state index is 13.6. The Morgan fingerprint density at radius 3 is 2.79 bits per heavy atom. The fourth-order valence-electron chi connectivity index (χ4n) is 2.72. The number of anilines is 1. The molecule has 4 nitrogen and oxygen atoms in total. The van der Waals surface area contributed by atoms with Crippen molar-refractivity contribution in [1.82, 2.24) is 5.32 Å². The summed E-state index contributed by atoms with van der Waals surface area (Å²) >= 11 is 1.62. The number of nitrogens with zero attached hydrogens (tertiary/aromatic N) is 1. The highest BCUT2D eigenvalue weighted by Crippen LogP contribution is 2.40.